The van der Waals surface area contributed by atoms with Crippen molar-refractivity contribution in [2.75, 3.05) is 4.43 Å². The lowest BCUT2D eigenvalue weighted by atomic mass is 9.87. The topological polar surface area (TPSA) is 42.1 Å². The molecule has 22 heavy (non-hydrogen) atoms. The van der Waals surface area contributed by atoms with E-state index in [9.17, 15) is 4.79 Å². The highest BCUT2D eigenvalue weighted by molar-refractivity contribution is 14.1. The molecule has 0 bridgehead atoms. The third-order valence-electron chi connectivity index (χ3n) is 4.95. The number of rotatable bonds is 2. The lowest BCUT2D eigenvalue weighted by molar-refractivity contribution is 0.126. The van der Waals surface area contributed by atoms with E-state index in [0.717, 1.165) is 32.2 Å². The minimum atomic E-state index is -0.183. The summed E-state index contributed by atoms with van der Waals surface area (Å²) in [7, 11) is 0. The van der Waals surface area contributed by atoms with Crippen LogP contribution in [0.25, 0.3) is 10.9 Å². The Morgan fingerprint density at radius 1 is 1.41 bits per heavy atom. The predicted molar refractivity (Wildman–Crippen MR) is 99.7 cm³/mol. The number of aryl methyl sites for hydroxylation is 1. The molecule has 1 N–H and O–H groups in total. The number of aromatic amines is 1. The minimum Gasteiger partial charge on any atom is -0.485 e. The molecule has 2 unspecified atom stereocenters. The Morgan fingerprint density at radius 3 is 2.68 bits per heavy atom. The fourth-order valence-corrected chi connectivity index (χ4v) is 4.04. The van der Waals surface area contributed by atoms with Crippen molar-refractivity contribution in [3.63, 3.8) is 0 Å². The van der Waals surface area contributed by atoms with E-state index in [2.05, 4.69) is 54.4 Å². The van der Waals surface area contributed by atoms with Gasteiger partial charge in [-0.15, -0.1) is 0 Å². The fourth-order valence-electron chi connectivity index (χ4n) is 3.22. The molecule has 1 aromatic carbocycles. The summed E-state index contributed by atoms with van der Waals surface area (Å²) >= 11 is 2.39. The van der Waals surface area contributed by atoms with Crippen LogP contribution in [0, 0.1) is 6.92 Å². The average molecular weight is 411 g/mol. The molecule has 3 nitrogen and oxygen atoms in total. The number of H-pyrrole nitrogens is 1. The first-order valence-corrected chi connectivity index (χ1v) is 9.26. The smallest absolute Gasteiger partial charge is 0.251 e. The lowest BCUT2D eigenvalue weighted by Gasteiger charge is -2.26. The standard InChI is InChI=1S/C18H22INO2/c1-9(2)12-7-14-15(20-17(12)21)10(3)6-13-11(4)18(5,8-19)22-16(13)14/h6-7,9,11H,8H2,1-5H3,(H,20,21). The summed E-state index contributed by atoms with van der Waals surface area (Å²) < 4.78 is 7.30. The zero-order chi connectivity index (χ0) is 16.2. The highest BCUT2D eigenvalue weighted by atomic mass is 127. The van der Waals surface area contributed by atoms with Gasteiger partial charge >= 0.3 is 0 Å². The third kappa shape index (κ3) is 2.18. The number of alkyl halides is 1. The average Bonchev–Trinajstić information content (AvgIpc) is 2.72. The van der Waals surface area contributed by atoms with E-state index in [-0.39, 0.29) is 17.1 Å². The van der Waals surface area contributed by atoms with Crippen LogP contribution < -0.4 is 10.3 Å². The quantitative estimate of drug-likeness (QED) is 0.578. The minimum absolute atomic E-state index is 0.00764. The maximum absolute atomic E-state index is 12.3. The van der Waals surface area contributed by atoms with Gasteiger partial charge in [0.2, 0.25) is 0 Å². The van der Waals surface area contributed by atoms with Crippen LogP contribution in [-0.2, 0) is 0 Å². The SMILES string of the molecule is Cc1cc2c(c3cc(C(C)C)c(=O)[nH]c13)OC(C)(CI)C2C. The van der Waals surface area contributed by atoms with Gasteiger partial charge in [-0.2, -0.15) is 0 Å². The van der Waals surface area contributed by atoms with Gasteiger partial charge in [0.15, 0.2) is 0 Å². The van der Waals surface area contributed by atoms with Gasteiger partial charge in [0.1, 0.15) is 11.4 Å². The molecule has 3 rings (SSSR count). The Bertz CT molecular complexity index is 809. The molecule has 4 heteroatoms. The third-order valence-corrected chi connectivity index (χ3v) is 6.46. The van der Waals surface area contributed by atoms with Crippen molar-refractivity contribution in [1.29, 1.82) is 0 Å². The van der Waals surface area contributed by atoms with Crippen LogP contribution in [0.5, 0.6) is 5.75 Å². The molecule has 0 fully saturated rings. The highest BCUT2D eigenvalue weighted by Crippen LogP contribution is 2.49. The van der Waals surface area contributed by atoms with Crippen molar-refractivity contribution in [2.45, 2.75) is 52.1 Å². The number of hydrogen-bond acceptors (Lipinski definition) is 2. The number of aromatic nitrogens is 1. The molecule has 118 valence electrons. The van der Waals surface area contributed by atoms with Gasteiger partial charge in [-0.05, 0) is 37.5 Å². The van der Waals surface area contributed by atoms with Gasteiger partial charge in [0.25, 0.3) is 5.56 Å². The maximum Gasteiger partial charge on any atom is 0.251 e. The molecule has 0 aliphatic carbocycles. The van der Waals surface area contributed by atoms with Gasteiger partial charge in [0.05, 0.1) is 5.52 Å². The van der Waals surface area contributed by atoms with Crippen molar-refractivity contribution in [2.24, 2.45) is 0 Å². The molecular weight excluding hydrogens is 389 g/mol. The van der Waals surface area contributed by atoms with Crippen LogP contribution in [-0.4, -0.2) is 15.0 Å². The molecule has 0 amide bonds. The number of nitrogens with one attached hydrogen (secondary N) is 1. The van der Waals surface area contributed by atoms with E-state index in [1.807, 2.05) is 19.9 Å². The van der Waals surface area contributed by atoms with Crippen LogP contribution >= 0.6 is 22.6 Å². The van der Waals surface area contributed by atoms with Crippen LogP contribution in [0.4, 0.5) is 0 Å². The zero-order valence-corrected chi connectivity index (χ0v) is 15.9. The van der Waals surface area contributed by atoms with Crippen molar-refractivity contribution in [3.8, 4) is 5.75 Å². The van der Waals surface area contributed by atoms with Gasteiger partial charge in [-0.25, -0.2) is 0 Å². The summed E-state index contributed by atoms with van der Waals surface area (Å²) in [5.41, 5.74) is 3.91. The van der Waals surface area contributed by atoms with E-state index in [4.69, 9.17) is 4.74 Å². The van der Waals surface area contributed by atoms with Gasteiger partial charge in [-0.3, -0.25) is 4.79 Å². The normalized spacial score (nSPS) is 23.9. The second-order valence-electron chi connectivity index (χ2n) is 6.88. The molecule has 0 spiro atoms. The van der Waals surface area contributed by atoms with Crippen LogP contribution in [0.15, 0.2) is 16.9 Å². The number of ether oxygens (including phenoxy) is 1. The molecule has 0 saturated carbocycles. The van der Waals surface area contributed by atoms with E-state index in [1.165, 1.54) is 5.56 Å². The second-order valence-corrected chi connectivity index (χ2v) is 7.64. The first-order valence-electron chi connectivity index (χ1n) is 7.74. The Kier molecular flexibility index (Phi) is 3.78. The molecule has 0 radical (unpaired) electrons. The number of hydrogen-bond donors (Lipinski definition) is 1. The van der Waals surface area contributed by atoms with Gasteiger partial charge < -0.3 is 9.72 Å². The summed E-state index contributed by atoms with van der Waals surface area (Å²) in [6.07, 6.45) is 0. The van der Waals surface area contributed by atoms with Gasteiger partial charge in [-0.1, -0.05) is 43.4 Å². The molecule has 2 aromatic rings. The predicted octanol–water partition coefficient (Wildman–Crippen LogP) is 4.65. The van der Waals surface area contributed by atoms with E-state index >= 15 is 0 Å². The summed E-state index contributed by atoms with van der Waals surface area (Å²) in [6.45, 7) is 10.5. The molecule has 0 saturated heterocycles. The van der Waals surface area contributed by atoms with Crippen molar-refractivity contribution >= 4 is 33.5 Å². The number of benzene rings is 1. The van der Waals surface area contributed by atoms with Crippen molar-refractivity contribution in [1.82, 2.24) is 4.98 Å². The Labute approximate surface area is 144 Å². The highest BCUT2D eigenvalue weighted by Gasteiger charge is 2.42. The first-order chi connectivity index (χ1) is 10.3. The molecule has 1 aliphatic heterocycles. The van der Waals surface area contributed by atoms with E-state index in [0.29, 0.717) is 5.92 Å². The van der Waals surface area contributed by atoms with Crippen LogP contribution in [0.1, 0.15) is 56.2 Å². The van der Waals surface area contributed by atoms with Crippen LogP contribution in [0.2, 0.25) is 0 Å². The summed E-state index contributed by atoms with van der Waals surface area (Å²) in [4.78, 5) is 15.3. The summed E-state index contributed by atoms with van der Waals surface area (Å²) in [5, 5.41) is 1.04. The summed E-state index contributed by atoms with van der Waals surface area (Å²) in [6, 6.07) is 4.20. The number of fused-ring (bicyclic) bond motifs is 3. The number of pyridine rings is 1. The largest absolute Gasteiger partial charge is 0.485 e. The Balaban J connectivity index is 2.36. The monoisotopic (exact) mass is 411 g/mol. The van der Waals surface area contributed by atoms with E-state index in [1.54, 1.807) is 0 Å². The molecule has 2 atom stereocenters. The second kappa shape index (κ2) is 5.25. The number of halogens is 1. The molecular formula is C18H22INO2. The van der Waals surface area contributed by atoms with Crippen molar-refractivity contribution < 1.29 is 4.74 Å². The molecule has 1 aliphatic rings. The first kappa shape index (κ1) is 15.8. The maximum atomic E-state index is 12.3. The molecule has 2 heterocycles. The zero-order valence-electron chi connectivity index (χ0n) is 13.7. The Hall–Kier alpha value is -1.04. The van der Waals surface area contributed by atoms with Crippen LogP contribution in [0.3, 0.4) is 0 Å². The van der Waals surface area contributed by atoms with Crippen molar-refractivity contribution in [3.05, 3.63) is 39.2 Å². The Morgan fingerprint density at radius 2 is 2.09 bits per heavy atom. The summed E-state index contributed by atoms with van der Waals surface area (Å²) in [5.74, 6) is 1.49. The fraction of sp³-hybridized carbons (Fsp3) is 0.500. The lowest BCUT2D eigenvalue weighted by Crippen LogP contribution is -2.34. The molecule has 1 aromatic heterocycles. The van der Waals surface area contributed by atoms with E-state index < -0.39 is 0 Å². The van der Waals surface area contributed by atoms with Gasteiger partial charge in [0, 0.05) is 26.9 Å².